The van der Waals surface area contributed by atoms with Crippen molar-refractivity contribution in [3.05, 3.63) is 48.4 Å². The van der Waals surface area contributed by atoms with E-state index in [-0.39, 0.29) is 25.1 Å². The molecule has 14 heteroatoms. The van der Waals surface area contributed by atoms with Crippen LogP contribution in [0.15, 0.2) is 42.9 Å². The Morgan fingerprint density at radius 2 is 1.95 bits per heavy atom. The topological polar surface area (TPSA) is 162 Å². The maximum Gasteiger partial charge on any atom is 0.321 e. The standard InChI is InChI=1S/C24H26N8O4S2/c1-3-25-23(34)30-24-29-20-9-15(8-18(21(20)37-24)19-5-4-14(2)10-26-19)16-11-27-22(28-12-16)31-38(35,36)32-7-6-17(33)13-32/h4-5,8-12,17,33H,3,6-7,13H2,1-2H3,(H,27,28,31)(H2,25,29,30,34). The van der Waals surface area contributed by atoms with Crippen LogP contribution in [0.3, 0.4) is 0 Å². The highest BCUT2D eigenvalue weighted by Gasteiger charge is 2.30. The van der Waals surface area contributed by atoms with Gasteiger partial charge in [-0.3, -0.25) is 10.3 Å². The first-order valence-electron chi connectivity index (χ1n) is 11.9. The predicted molar refractivity (Wildman–Crippen MR) is 146 cm³/mol. The number of carbonyl (C=O) groups is 1. The number of carbonyl (C=O) groups excluding carboxylic acids is 1. The van der Waals surface area contributed by atoms with Gasteiger partial charge in [0, 0.05) is 49.4 Å². The summed E-state index contributed by atoms with van der Waals surface area (Å²) >= 11 is 1.35. The molecule has 4 heterocycles. The number of urea groups is 1. The SMILES string of the molecule is CCNC(=O)Nc1nc2cc(-c3cnc(NS(=O)(=O)N4CCC(O)C4)nc3)cc(-c3ccc(C)cn3)c2s1. The maximum atomic E-state index is 12.6. The predicted octanol–water partition coefficient (Wildman–Crippen LogP) is 2.99. The number of anilines is 2. The summed E-state index contributed by atoms with van der Waals surface area (Å²) in [6, 6.07) is 7.37. The Morgan fingerprint density at radius 3 is 2.61 bits per heavy atom. The van der Waals surface area contributed by atoms with Crippen molar-refractivity contribution in [2.45, 2.75) is 26.4 Å². The van der Waals surface area contributed by atoms with Gasteiger partial charge in [0.15, 0.2) is 5.13 Å². The Balaban J connectivity index is 1.48. The van der Waals surface area contributed by atoms with Crippen LogP contribution in [-0.4, -0.2) is 69.5 Å². The average Bonchev–Trinajstić information content (AvgIpc) is 3.50. The Bertz CT molecular complexity index is 1570. The molecule has 0 saturated carbocycles. The van der Waals surface area contributed by atoms with Crippen molar-refractivity contribution >= 4 is 48.9 Å². The van der Waals surface area contributed by atoms with Crippen LogP contribution >= 0.6 is 11.3 Å². The number of benzene rings is 1. The van der Waals surface area contributed by atoms with Gasteiger partial charge in [0.2, 0.25) is 5.95 Å². The number of aromatic nitrogens is 4. The number of fused-ring (bicyclic) bond motifs is 1. The fourth-order valence-corrected chi connectivity index (χ4v) is 6.15. The van der Waals surface area contributed by atoms with Crippen LogP contribution in [0.4, 0.5) is 15.9 Å². The van der Waals surface area contributed by atoms with E-state index in [1.807, 2.05) is 38.1 Å². The third-order valence-electron chi connectivity index (χ3n) is 5.91. The molecule has 1 saturated heterocycles. The fourth-order valence-electron chi connectivity index (χ4n) is 4.01. The van der Waals surface area contributed by atoms with Gasteiger partial charge in [0.05, 0.1) is 22.0 Å². The number of nitrogens with zero attached hydrogens (tertiary/aromatic N) is 5. The molecule has 4 N–H and O–H groups in total. The number of rotatable bonds is 7. The summed E-state index contributed by atoms with van der Waals surface area (Å²) in [6.45, 7) is 4.55. The summed E-state index contributed by atoms with van der Waals surface area (Å²) in [7, 11) is -3.87. The van der Waals surface area contributed by atoms with Gasteiger partial charge in [-0.15, -0.1) is 0 Å². The van der Waals surface area contributed by atoms with E-state index in [9.17, 15) is 18.3 Å². The Labute approximate surface area is 223 Å². The van der Waals surface area contributed by atoms with Crippen molar-refractivity contribution < 1.29 is 18.3 Å². The van der Waals surface area contributed by atoms with Crippen molar-refractivity contribution in [1.82, 2.24) is 29.6 Å². The molecule has 2 amide bonds. The van der Waals surface area contributed by atoms with E-state index >= 15 is 0 Å². The molecule has 1 fully saturated rings. The fraction of sp³-hybridized carbons (Fsp3) is 0.292. The second-order valence-electron chi connectivity index (χ2n) is 8.80. The summed E-state index contributed by atoms with van der Waals surface area (Å²) in [4.78, 5) is 29.6. The first kappa shape index (κ1) is 25.9. The summed E-state index contributed by atoms with van der Waals surface area (Å²) in [6.07, 6.45) is 4.55. The normalized spacial score (nSPS) is 16.0. The zero-order chi connectivity index (χ0) is 26.9. The van der Waals surface area contributed by atoms with E-state index in [0.717, 1.165) is 27.1 Å². The number of hydrogen-bond donors (Lipinski definition) is 4. The number of pyridine rings is 1. The van der Waals surface area contributed by atoms with E-state index in [1.165, 1.54) is 28.0 Å². The minimum atomic E-state index is -3.87. The van der Waals surface area contributed by atoms with Crippen molar-refractivity contribution in [3.63, 3.8) is 0 Å². The third kappa shape index (κ3) is 5.57. The van der Waals surface area contributed by atoms with Gasteiger partial charge in [0.25, 0.3) is 0 Å². The molecule has 0 aliphatic carbocycles. The molecule has 1 atom stereocenters. The van der Waals surface area contributed by atoms with Gasteiger partial charge >= 0.3 is 16.2 Å². The van der Waals surface area contributed by atoms with E-state index in [2.05, 4.69) is 35.3 Å². The average molecular weight is 555 g/mol. The van der Waals surface area contributed by atoms with Gasteiger partial charge < -0.3 is 10.4 Å². The molecular weight excluding hydrogens is 528 g/mol. The number of aliphatic hydroxyl groups is 1. The first-order valence-corrected chi connectivity index (χ1v) is 14.2. The minimum Gasteiger partial charge on any atom is -0.392 e. The maximum absolute atomic E-state index is 12.6. The number of nitrogens with one attached hydrogen (secondary N) is 3. The number of thiazole rings is 1. The molecule has 198 valence electrons. The highest BCUT2D eigenvalue weighted by molar-refractivity contribution is 7.90. The summed E-state index contributed by atoms with van der Waals surface area (Å²) in [5.74, 6) is -0.0706. The molecule has 12 nitrogen and oxygen atoms in total. The molecule has 0 radical (unpaired) electrons. The minimum absolute atomic E-state index is 0.0356. The molecule has 38 heavy (non-hydrogen) atoms. The monoisotopic (exact) mass is 554 g/mol. The molecule has 5 rings (SSSR count). The zero-order valence-electron chi connectivity index (χ0n) is 20.7. The largest absolute Gasteiger partial charge is 0.392 e. The van der Waals surface area contributed by atoms with Crippen molar-refractivity contribution in [2.24, 2.45) is 0 Å². The summed E-state index contributed by atoms with van der Waals surface area (Å²) in [5.41, 5.74) is 4.66. The smallest absolute Gasteiger partial charge is 0.321 e. The van der Waals surface area contributed by atoms with Crippen LogP contribution in [0.5, 0.6) is 0 Å². The van der Waals surface area contributed by atoms with Crippen LogP contribution in [0.25, 0.3) is 32.6 Å². The van der Waals surface area contributed by atoms with E-state index in [1.54, 1.807) is 6.20 Å². The Hall–Kier alpha value is -3.72. The van der Waals surface area contributed by atoms with Crippen LogP contribution in [0.2, 0.25) is 0 Å². The molecule has 4 aromatic rings. The highest BCUT2D eigenvalue weighted by Crippen LogP contribution is 2.38. The van der Waals surface area contributed by atoms with E-state index in [0.29, 0.717) is 29.2 Å². The number of aliphatic hydroxyl groups excluding tert-OH is 1. The van der Waals surface area contributed by atoms with Crippen LogP contribution in [0.1, 0.15) is 18.9 Å². The molecule has 1 aromatic carbocycles. The van der Waals surface area contributed by atoms with Gasteiger partial charge in [-0.05, 0) is 49.6 Å². The van der Waals surface area contributed by atoms with Gasteiger partial charge in [-0.2, -0.15) is 12.7 Å². The second-order valence-corrected chi connectivity index (χ2v) is 11.5. The van der Waals surface area contributed by atoms with Crippen molar-refractivity contribution in [1.29, 1.82) is 0 Å². The van der Waals surface area contributed by atoms with Crippen LogP contribution in [0, 0.1) is 6.92 Å². The quantitative estimate of drug-likeness (QED) is 0.271. The molecule has 1 aliphatic rings. The molecular formula is C24H26N8O4S2. The lowest BCUT2D eigenvalue weighted by Gasteiger charge is -2.16. The van der Waals surface area contributed by atoms with Gasteiger partial charge in [-0.1, -0.05) is 17.4 Å². The highest BCUT2D eigenvalue weighted by atomic mass is 32.2. The Kier molecular flexibility index (Phi) is 7.21. The van der Waals surface area contributed by atoms with Crippen molar-refractivity contribution in [2.75, 3.05) is 29.7 Å². The number of aryl methyl sites for hydroxylation is 1. The number of β-amino-alcohol motifs (C(OH)–C–C–N with tert-alkyl or cyclic N) is 1. The lowest BCUT2D eigenvalue weighted by atomic mass is 10.0. The van der Waals surface area contributed by atoms with E-state index < -0.39 is 16.3 Å². The lowest BCUT2D eigenvalue weighted by Crippen LogP contribution is -2.35. The lowest BCUT2D eigenvalue weighted by molar-refractivity contribution is 0.189. The zero-order valence-corrected chi connectivity index (χ0v) is 22.3. The molecule has 1 unspecified atom stereocenters. The third-order valence-corrected chi connectivity index (χ3v) is 8.38. The molecule has 1 aliphatic heterocycles. The summed E-state index contributed by atoms with van der Waals surface area (Å²) in [5, 5.41) is 15.6. The van der Waals surface area contributed by atoms with Crippen LogP contribution in [-0.2, 0) is 10.2 Å². The van der Waals surface area contributed by atoms with Gasteiger partial charge in [-0.25, -0.2) is 24.5 Å². The Morgan fingerprint density at radius 1 is 1.16 bits per heavy atom. The molecule has 0 spiro atoms. The second kappa shape index (κ2) is 10.6. The number of hydrogen-bond acceptors (Lipinski definition) is 9. The summed E-state index contributed by atoms with van der Waals surface area (Å²) < 4.78 is 29.5. The van der Waals surface area contributed by atoms with Crippen molar-refractivity contribution in [3.8, 4) is 22.4 Å². The van der Waals surface area contributed by atoms with E-state index in [4.69, 9.17) is 0 Å². The molecule has 0 bridgehead atoms. The van der Waals surface area contributed by atoms with Gasteiger partial charge in [0.1, 0.15) is 0 Å². The van der Waals surface area contributed by atoms with Crippen LogP contribution < -0.4 is 15.4 Å². The number of amides is 2. The first-order chi connectivity index (χ1) is 18.2. The molecule has 3 aromatic heterocycles.